The number of hydrogen-bond donors (Lipinski definition) is 2. The van der Waals surface area contributed by atoms with Gasteiger partial charge in [0, 0.05) is 25.4 Å². The van der Waals surface area contributed by atoms with Crippen LogP contribution in [-0.4, -0.2) is 50.3 Å². The molecular weight excluding hydrogens is 428 g/mol. The monoisotopic (exact) mass is 478 g/mol. The van der Waals surface area contributed by atoms with Gasteiger partial charge >= 0.3 is 0 Å². The minimum Gasteiger partial charge on any atom is -0.355 e. The Labute approximate surface area is 208 Å². The fourth-order valence-corrected chi connectivity index (χ4v) is 4.69. The van der Waals surface area contributed by atoms with Gasteiger partial charge in [0.05, 0.1) is 13.2 Å². The van der Waals surface area contributed by atoms with Crippen molar-refractivity contribution in [1.29, 1.82) is 0 Å². The summed E-state index contributed by atoms with van der Waals surface area (Å²) >= 11 is 0. The van der Waals surface area contributed by atoms with Crippen LogP contribution in [0.15, 0.2) is 12.2 Å². The lowest BCUT2D eigenvalue weighted by Gasteiger charge is -2.17. The standard InChI is InChI=1S/C28H50N2O4/c1-23(2)16-14-12-10-8-6-4-3-5-7-9-11-13-15-17-24(26(32)28-30-19-21-34-28)22-25(31)27-29-18-20-33-27/h15,17,23-24,27-30H,3-14,16,18-22H2,1-2H3. The topological polar surface area (TPSA) is 76.7 Å². The Morgan fingerprint density at radius 3 is 1.85 bits per heavy atom. The Hall–Kier alpha value is -1.08. The maximum Gasteiger partial charge on any atom is 0.183 e. The van der Waals surface area contributed by atoms with Crippen molar-refractivity contribution < 1.29 is 19.1 Å². The van der Waals surface area contributed by atoms with Gasteiger partial charge in [-0.15, -0.1) is 0 Å². The third-order valence-corrected chi connectivity index (χ3v) is 6.79. The molecule has 0 aromatic carbocycles. The molecule has 6 heteroatoms. The van der Waals surface area contributed by atoms with Crippen LogP contribution in [0, 0.1) is 11.8 Å². The van der Waals surface area contributed by atoms with Crippen LogP contribution in [0.3, 0.4) is 0 Å². The molecule has 0 aromatic rings. The number of carbonyl (C=O) groups is 2. The zero-order valence-corrected chi connectivity index (χ0v) is 21.8. The van der Waals surface area contributed by atoms with Crippen molar-refractivity contribution in [2.24, 2.45) is 11.8 Å². The van der Waals surface area contributed by atoms with Gasteiger partial charge in [-0.05, 0) is 18.8 Å². The summed E-state index contributed by atoms with van der Waals surface area (Å²) in [7, 11) is 0. The number of Topliss-reactive ketones (excluding diaryl/α,β-unsaturated/α-hetero) is 2. The molecule has 3 atom stereocenters. The Morgan fingerprint density at radius 1 is 0.794 bits per heavy atom. The molecule has 0 amide bonds. The first-order valence-corrected chi connectivity index (χ1v) is 14.0. The average molecular weight is 479 g/mol. The fourth-order valence-electron chi connectivity index (χ4n) is 4.69. The molecule has 196 valence electrons. The molecule has 2 N–H and O–H groups in total. The summed E-state index contributed by atoms with van der Waals surface area (Å²) in [5.74, 6) is 0.273. The first-order valence-electron chi connectivity index (χ1n) is 14.0. The SMILES string of the molecule is CC(C)CCCCCCCCCCCCCC=CC(CC(=O)C1NCCO1)C(=O)C1NCCO1. The largest absolute Gasteiger partial charge is 0.355 e. The number of hydrogen-bond acceptors (Lipinski definition) is 6. The van der Waals surface area contributed by atoms with Crippen molar-refractivity contribution in [2.45, 2.75) is 116 Å². The summed E-state index contributed by atoms with van der Waals surface area (Å²) in [6.07, 6.45) is 20.0. The number of ether oxygens (including phenoxy) is 2. The van der Waals surface area contributed by atoms with Gasteiger partial charge in [-0.3, -0.25) is 20.2 Å². The van der Waals surface area contributed by atoms with E-state index in [1.165, 1.54) is 70.6 Å². The van der Waals surface area contributed by atoms with Gasteiger partial charge in [0.25, 0.3) is 0 Å². The summed E-state index contributed by atoms with van der Waals surface area (Å²) < 4.78 is 10.9. The number of allylic oxidation sites excluding steroid dienone is 2. The van der Waals surface area contributed by atoms with Gasteiger partial charge in [0.1, 0.15) is 0 Å². The van der Waals surface area contributed by atoms with Crippen LogP contribution < -0.4 is 10.6 Å². The van der Waals surface area contributed by atoms with Crippen LogP contribution in [0.2, 0.25) is 0 Å². The molecule has 3 unspecified atom stereocenters. The van der Waals surface area contributed by atoms with E-state index in [-0.39, 0.29) is 18.0 Å². The molecule has 34 heavy (non-hydrogen) atoms. The number of nitrogens with one attached hydrogen (secondary N) is 2. The van der Waals surface area contributed by atoms with E-state index in [9.17, 15) is 9.59 Å². The molecule has 0 radical (unpaired) electrons. The Kier molecular flexibility index (Phi) is 15.6. The highest BCUT2D eigenvalue weighted by molar-refractivity contribution is 5.93. The Bertz CT molecular complexity index is 581. The molecule has 2 aliphatic heterocycles. The summed E-state index contributed by atoms with van der Waals surface area (Å²) in [6, 6.07) is 0. The summed E-state index contributed by atoms with van der Waals surface area (Å²) in [5.41, 5.74) is 0. The normalized spacial score (nSPS) is 21.6. The molecular formula is C28H50N2O4. The molecule has 0 aliphatic carbocycles. The van der Waals surface area contributed by atoms with Crippen molar-refractivity contribution >= 4 is 11.6 Å². The zero-order chi connectivity index (χ0) is 24.4. The summed E-state index contributed by atoms with van der Waals surface area (Å²) in [6.45, 7) is 7.05. The maximum atomic E-state index is 12.8. The Balaban J connectivity index is 1.53. The van der Waals surface area contributed by atoms with Gasteiger partial charge in [-0.1, -0.05) is 96.6 Å². The average Bonchev–Trinajstić information content (AvgIpc) is 3.54. The van der Waals surface area contributed by atoms with Gasteiger partial charge < -0.3 is 9.47 Å². The smallest absolute Gasteiger partial charge is 0.183 e. The Morgan fingerprint density at radius 2 is 1.32 bits per heavy atom. The van der Waals surface area contributed by atoms with Gasteiger partial charge in [0.15, 0.2) is 24.0 Å². The highest BCUT2D eigenvalue weighted by Gasteiger charge is 2.32. The van der Waals surface area contributed by atoms with Crippen LogP contribution in [-0.2, 0) is 19.1 Å². The molecule has 2 aliphatic rings. The van der Waals surface area contributed by atoms with Crippen molar-refractivity contribution in [1.82, 2.24) is 10.6 Å². The first kappa shape index (κ1) is 29.2. The van der Waals surface area contributed by atoms with Crippen LogP contribution in [0.1, 0.15) is 104 Å². The first-order chi connectivity index (χ1) is 16.6. The van der Waals surface area contributed by atoms with E-state index in [0.717, 1.165) is 18.8 Å². The lowest BCUT2D eigenvalue weighted by molar-refractivity contribution is -0.136. The van der Waals surface area contributed by atoms with Crippen molar-refractivity contribution in [3.8, 4) is 0 Å². The second kappa shape index (κ2) is 18.2. The molecule has 0 bridgehead atoms. The van der Waals surface area contributed by atoms with Crippen LogP contribution in [0.25, 0.3) is 0 Å². The van der Waals surface area contributed by atoms with Gasteiger partial charge in [-0.25, -0.2) is 0 Å². The van der Waals surface area contributed by atoms with E-state index in [2.05, 4.69) is 30.6 Å². The molecule has 0 spiro atoms. The van der Waals surface area contributed by atoms with Crippen LogP contribution in [0.4, 0.5) is 0 Å². The maximum absolute atomic E-state index is 12.8. The van der Waals surface area contributed by atoms with Gasteiger partial charge in [-0.2, -0.15) is 0 Å². The third-order valence-electron chi connectivity index (χ3n) is 6.79. The summed E-state index contributed by atoms with van der Waals surface area (Å²) in [5, 5.41) is 6.11. The quantitative estimate of drug-likeness (QED) is 0.182. The third kappa shape index (κ3) is 12.6. The van der Waals surface area contributed by atoms with E-state index < -0.39 is 18.4 Å². The molecule has 2 heterocycles. The van der Waals surface area contributed by atoms with E-state index in [0.29, 0.717) is 26.3 Å². The van der Waals surface area contributed by atoms with E-state index in [4.69, 9.17) is 9.47 Å². The van der Waals surface area contributed by atoms with Crippen LogP contribution in [0.5, 0.6) is 0 Å². The zero-order valence-electron chi connectivity index (χ0n) is 21.8. The molecule has 0 aromatic heterocycles. The number of carbonyl (C=O) groups excluding carboxylic acids is 2. The van der Waals surface area contributed by atoms with E-state index >= 15 is 0 Å². The van der Waals surface area contributed by atoms with Crippen LogP contribution >= 0.6 is 0 Å². The highest BCUT2D eigenvalue weighted by Crippen LogP contribution is 2.17. The number of ketones is 2. The lowest BCUT2D eigenvalue weighted by atomic mass is 9.94. The van der Waals surface area contributed by atoms with Gasteiger partial charge in [0.2, 0.25) is 0 Å². The minimum absolute atomic E-state index is 0.0555. The summed E-state index contributed by atoms with van der Waals surface area (Å²) in [4.78, 5) is 25.3. The molecule has 6 nitrogen and oxygen atoms in total. The lowest BCUT2D eigenvalue weighted by Crippen LogP contribution is -2.39. The molecule has 0 saturated carbocycles. The number of rotatable bonds is 20. The number of unbranched alkanes of at least 4 members (excludes halogenated alkanes) is 11. The molecule has 2 saturated heterocycles. The van der Waals surface area contributed by atoms with Crippen molar-refractivity contribution in [2.75, 3.05) is 26.3 Å². The predicted octanol–water partition coefficient (Wildman–Crippen LogP) is 5.31. The predicted molar refractivity (Wildman–Crippen MR) is 138 cm³/mol. The molecule has 2 fully saturated rings. The second-order valence-corrected chi connectivity index (χ2v) is 10.4. The second-order valence-electron chi connectivity index (χ2n) is 10.4. The van der Waals surface area contributed by atoms with E-state index in [1.807, 2.05) is 6.08 Å². The molecule has 2 rings (SSSR count). The van der Waals surface area contributed by atoms with Crippen molar-refractivity contribution in [3.63, 3.8) is 0 Å². The highest BCUT2D eigenvalue weighted by atomic mass is 16.5. The minimum atomic E-state index is -0.597. The van der Waals surface area contributed by atoms with Crippen molar-refractivity contribution in [3.05, 3.63) is 12.2 Å². The van der Waals surface area contributed by atoms with E-state index in [1.54, 1.807) is 0 Å². The fraction of sp³-hybridized carbons (Fsp3) is 0.857.